The summed E-state index contributed by atoms with van der Waals surface area (Å²) in [6, 6.07) is 47.2. The highest BCUT2D eigenvalue weighted by molar-refractivity contribution is 6.15. The van der Waals surface area contributed by atoms with Gasteiger partial charge in [-0.1, -0.05) is 97.1 Å². The molecule has 7 rings (SSSR count). The van der Waals surface area contributed by atoms with Crippen LogP contribution in [0.4, 0.5) is 17.1 Å². The zero-order chi connectivity index (χ0) is 27.1. The Morgan fingerprint density at radius 2 is 1.20 bits per heavy atom. The molecule has 0 saturated carbocycles. The summed E-state index contributed by atoms with van der Waals surface area (Å²) in [6.45, 7) is 0. The Hall–Kier alpha value is -5.39. The molecule has 0 saturated heterocycles. The van der Waals surface area contributed by atoms with Crippen LogP contribution in [0.2, 0.25) is 0 Å². The van der Waals surface area contributed by atoms with Crippen molar-refractivity contribution >= 4 is 38.9 Å². The molecule has 0 bridgehead atoms. The second kappa shape index (κ2) is 9.73. The molecule has 0 aliphatic carbocycles. The lowest BCUT2D eigenvalue weighted by molar-refractivity contribution is 1.05. The van der Waals surface area contributed by atoms with Gasteiger partial charge in [0.25, 0.3) is 0 Å². The number of anilines is 3. The molecule has 2 aromatic heterocycles. The lowest BCUT2D eigenvalue weighted by atomic mass is 10.0. The van der Waals surface area contributed by atoms with E-state index in [1.165, 1.54) is 0 Å². The third-order valence-corrected chi connectivity index (χ3v) is 7.33. The van der Waals surface area contributed by atoms with E-state index in [0.717, 1.165) is 61.4 Å². The summed E-state index contributed by atoms with van der Waals surface area (Å²) >= 11 is 0. The average molecular weight is 518 g/mol. The molecule has 2 heterocycles. The first-order valence-corrected chi connectivity index (χ1v) is 13.2. The topological polar surface area (TPSA) is 73.1 Å². The Labute approximate surface area is 232 Å². The zero-order valence-electron chi connectivity index (χ0n) is 21.8. The number of benzene rings is 5. The molecule has 5 heteroatoms. The van der Waals surface area contributed by atoms with Crippen LogP contribution in [0.5, 0.6) is 0 Å². The number of nitrogens with two attached hydrogens (primary N) is 2. The highest BCUT2D eigenvalue weighted by Gasteiger charge is 2.22. The largest absolute Gasteiger partial charge is 0.397 e. The molecule has 7 aromatic rings. The van der Waals surface area contributed by atoms with Crippen LogP contribution in [0, 0.1) is 0 Å². The Bertz CT molecular complexity index is 1900. The Morgan fingerprint density at radius 3 is 1.93 bits per heavy atom. The maximum Gasteiger partial charge on any atom is 0.138 e. The summed E-state index contributed by atoms with van der Waals surface area (Å²) < 4.78 is 2.19. The highest BCUT2D eigenvalue weighted by Crippen LogP contribution is 2.42. The van der Waals surface area contributed by atoms with Crippen LogP contribution >= 0.6 is 0 Å². The van der Waals surface area contributed by atoms with Gasteiger partial charge in [0.2, 0.25) is 0 Å². The monoisotopic (exact) mass is 517 g/mol. The number of hydrogen-bond donors (Lipinski definition) is 2. The number of hydrazine groups is 1. The highest BCUT2D eigenvalue weighted by atomic mass is 15.4. The third kappa shape index (κ3) is 3.97. The number of fused-ring (bicyclic) bond motifs is 3. The molecule has 0 fully saturated rings. The number of nitrogen functional groups attached to an aromatic ring is 1. The summed E-state index contributed by atoms with van der Waals surface area (Å²) in [4.78, 5) is 5.24. The predicted molar refractivity (Wildman–Crippen MR) is 167 cm³/mol. The first kappa shape index (κ1) is 23.7. The van der Waals surface area contributed by atoms with Crippen molar-refractivity contribution < 1.29 is 0 Å². The molecule has 0 aliphatic heterocycles. The molecule has 5 aromatic carbocycles. The fourth-order valence-corrected chi connectivity index (χ4v) is 5.45. The van der Waals surface area contributed by atoms with Crippen molar-refractivity contribution in [1.82, 2.24) is 9.55 Å². The van der Waals surface area contributed by atoms with E-state index < -0.39 is 0 Å². The average Bonchev–Trinajstić information content (AvgIpc) is 3.36. The second-order valence-corrected chi connectivity index (χ2v) is 9.79. The van der Waals surface area contributed by atoms with Crippen molar-refractivity contribution in [3.05, 3.63) is 140 Å². The van der Waals surface area contributed by atoms with Gasteiger partial charge in [-0.25, -0.2) is 10.8 Å². The van der Waals surface area contributed by atoms with Crippen LogP contribution in [-0.4, -0.2) is 9.55 Å². The van der Waals surface area contributed by atoms with Gasteiger partial charge in [-0.05, 0) is 53.6 Å². The van der Waals surface area contributed by atoms with E-state index >= 15 is 0 Å². The summed E-state index contributed by atoms with van der Waals surface area (Å²) in [5.41, 5.74) is 14.9. The van der Waals surface area contributed by atoms with Crippen molar-refractivity contribution in [3.63, 3.8) is 0 Å². The van der Waals surface area contributed by atoms with Crippen LogP contribution in [0.15, 0.2) is 140 Å². The molecular weight excluding hydrogens is 490 g/mol. The van der Waals surface area contributed by atoms with Crippen molar-refractivity contribution in [2.75, 3.05) is 10.7 Å². The number of rotatable bonds is 5. The fraction of sp³-hybridized carbons (Fsp3) is 0. The molecule has 192 valence electrons. The predicted octanol–water partition coefficient (Wildman–Crippen LogP) is 8.11. The molecule has 0 amide bonds. The minimum Gasteiger partial charge on any atom is -0.397 e. The van der Waals surface area contributed by atoms with Gasteiger partial charge in [-0.2, -0.15) is 0 Å². The maximum atomic E-state index is 6.81. The fourth-order valence-electron chi connectivity index (χ4n) is 5.45. The Balaban J connectivity index is 1.59. The molecule has 0 radical (unpaired) electrons. The van der Waals surface area contributed by atoms with E-state index in [9.17, 15) is 0 Å². The van der Waals surface area contributed by atoms with E-state index in [2.05, 4.69) is 83.4 Å². The first-order chi connectivity index (χ1) is 19.7. The summed E-state index contributed by atoms with van der Waals surface area (Å²) in [6.07, 6.45) is 0. The van der Waals surface area contributed by atoms with Gasteiger partial charge in [-0.15, -0.1) is 0 Å². The van der Waals surface area contributed by atoms with E-state index in [1.807, 2.05) is 60.7 Å². The molecule has 4 N–H and O–H groups in total. The molecule has 0 atom stereocenters. The second-order valence-electron chi connectivity index (χ2n) is 9.79. The summed E-state index contributed by atoms with van der Waals surface area (Å²) in [7, 11) is 0. The number of pyridine rings is 1. The van der Waals surface area contributed by atoms with Crippen molar-refractivity contribution in [2.24, 2.45) is 5.84 Å². The lowest BCUT2D eigenvalue weighted by Gasteiger charge is -2.23. The van der Waals surface area contributed by atoms with Gasteiger partial charge in [0, 0.05) is 16.3 Å². The van der Waals surface area contributed by atoms with Crippen LogP contribution in [-0.2, 0) is 0 Å². The number of aromatic nitrogens is 2. The van der Waals surface area contributed by atoms with Gasteiger partial charge in [0.05, 0.1) is 28.1 Å². The SMILES string of the molecule is Nc1ccc2c3ccccc3n(-c3cc(-c4ccccc4)cc(-c4ccccc4)n3)c2c1N(N)c1ccccc1. The van der Waals surface area contributed by atoms with Crippen molar-refractivity contribution in [1.29, 1.82) is 0 Å². The number of nitrogens with zero attached hydrogens (tertiary/aromatic N) is 3. The van der Waals surface area contributed by atoms with E-state index in [-0.39, 0.29) is 0 Å². The smallest absolute Gasteiger partial charge is 0.138 e. The van der Waals surface area contributed by atoms with Crippen LogP contribution in [0.25, 0.3) is 50.0 Å². The molecule has 40 heavy (non-hydrogen) atoms. The van der Waals surface area contributed by atoms with Gasteiger partial charge in [-0.3, -0.25) is 9.58 Å². The molecular formula is C35H27N5. The first-order valence-electron chi connectivity index (χ1n) is 13.2. The van der Waals surface area contributed by atoms with Crippen LogP contribution in [0.3, 0.4) is 0 Å². The summed E-state index contributed by atoms with van der Waals surface area (Å²) in [5.74, 6) is 7.60. The zero-order valence-corrected chi connectivity index (χ0v) is 21.8. The molecule has 0 aliphatic rings. The van der Waals surface area contributed by atoms with E-state index in [0.29, 0.717) is 5.69 Å². The quantitative estimate of drug-likeness (QED) is 0.137. The van der Waals surface area contributed by atoms with Crippen LogP contribution in [0.1, 0.15) is 0 Å². The Morgan fingerprint density at radius 1 is 0.575 bits per heavy atom. The van der Waals surface area contributed by atoms with Gasteiger partial charge < -0.3 is 5.73 Å². The minimum atomic E-state index is 0.588. The maximum absolute atomic E-state index is 6.81. The lowest BCUT2D eigenvalue weighted by Crippen LogP contribution is -2.26. The molecule has 0 unspecified atom stereocenters. The summed E-state index contributed by atoms with van der Waals surface area (Å²) in [5, 5.41) is 3.83. The normalized spacial score (nSPS) is 11.2. The third-order valence-electron chi connectivity index (χ3n) is 7.33. The number of hydrogen-bond acceptors (Lipinski definition) is 4. The van der Waals surface area contributed by atoms with Crippen LogP contribution < -0.4 is 16.6 Å². The van der Waals surface area contributed by atoms with E-state index in [4.69, 9.17) is 16.6 Å². The standard InChI is InChI=1S/C35H27N5/c36-30-21-20-29-28-18-10-11-19-32(28)39(34(29)35(30)40(37)27-16-8-3-9-17-27)33-23-26(24-12-4-1-5-13-24)22-31(38-33)25-14-6-2-7-15-25/h1-23H,36-37H2. The van der Waals surface area contributed by atoms with Gasteiger partial charge in [0.1, 0.15) is 11.5 Å². The molecule has 0 spiro atoms. The van der Waals surface area contributed by atoms with Gasteiger partial charge in [0.15, 0.2) is 0 Å². The van der Waals surface area contributed by atoms with Crippen molar-refractivity contribution in [2.45, 2.75) is 0 Å². The molecule has 5 nitrogen and oxygen atoms in total. The number of para-hydroxylation sites is 2. The van der Waals surface area contributed by atoms with Crippen molar-refractivity contribution in [3.8, 4) is 28.2 Å². The van der Waals surface area contributed by atoms with E-state index in [1.54, 1.807) is 5.01 Å². The minimum absolute atomic E-state index is 0.588. The van der Waals surface area contributed by atoms with Gasteiger partial charge >= 0.3 is 0 Å². The Kier molecular flexibility index (Phi) is 5.77.